The summed E-state index contributed by atoms with van der Waals surface area (Å²) < 4.78 is 0. The highest BCUT2D eigenvalue weighted by Gasteiger charge is 2.58. The molecule has 2 rings (SSSR count). The Morgan fingerprint density at radius 1 is 1.10 bits per heavy atom. The third-order valence-electron chi connectivity index (χ3n) is 3.91. The van der Waals surface area contributed by atoms with Crippen molar-refractivity contribution in [2.24, 2.45) is 23.2 Å². The summed E-state index contributed by atoms with van der Waals surface area (Å²) in [6, 6.07) is 0. The average molecular weight is 138 g/mol. The third-order valence-corrected chi connectivity index (χ3v) is 3.91. The van der Waals surface area contributed by atoms with Crippen LogP contribution in [0.4, 0.5) is 0 Å². The molecular formula is C10H18. The summed E-state index contributed by atoms with van der Waals surface area (Å²) in [7, 11) is 0. The molecule has 0 aromatic heterocycles. The lowest BCUT2D eigenvalue weighted by atomic mass is 9.91. The molecule has 3 atom stereocenters. The van der Waals surface area contributed by atoms with Gasteiger partial charge in [-0.1, -0.05) is 27.2 Å². The van der Waals surface area contributed by atoms with E-state index in [4.69, 9.17) is 0 Å². The minimum atomic E-state index is 0.727. The molecule has 2 saturated carbocycles. The van der Waals surface area contributed by atoms with Gasteiger partial charge < -0.3 is 0 Å². The second kappa shape index (κ2) is 1.78. The first-order chi connectivity index (χ1) is 4.62. The monoisotopic (exact) mass is 138 g/mol. The zero-order valence-corrected chi connectivity index (χ0v) is 7.35. The summed E-state index contributed by atoms with van der Waals surface area (Å²) in [4.78, 5) is 0. The fourth-order valence-corrected chi connectivity index (χ4v) is 2.91. The van der Waals surface area contributed by atoms with Crippen molar-refractivity contribution in [2.45, 2.75) is 40.0 Å². The molecule has 0 radical (unpaired) electrons. The van der Waals surface area contributed by atoms with Gasteiger partial charge in [-0.15, -0.1) is 0 Å². The van der Waals surface area contributed by atoms with E-state index in [1.165, 1.54) is 19.3 Å². The molecule has 2 aliphatic carbocycles. The van der Waals surface area contributed by atoms with Crippen LogP contribution in [0.2, 0.25) is 0 Å². The number of hydrogen-bond donors (Lipinski definition) is 0. The number of fused-ring (bicyclic) bond motifs is 1. The normalized spacial score (nSPS) is 50.1. The molecule has 0 nitrogen and oxygen atoms in total. The van der Waals surface area contributed by atoms with E-state index >= 15 is 0 Å². The second-order valence-electron chi connectivity index (χ2n) is 4.95. The summed E-state index contributed by atoms with van der Waals surface area (Å²) in [6.45, 7) is 7.30. The van der Waals surface area contributed by atoms with Crippen molar-refractivity contribution in [2.75, 3.05) is 0 Å². The minimum Gasteiger partial charge on any atom is -0.0625 e. The van der Waals surface area contributed by atoms with Crippen molar-refractivity contribution in [1.29, 1.82) is 0 Å². The molecular weight excluding hydrogens is 120 g/mol. The first-order valence-corrected chi connectivity index (χ1v) is 4.62. The fraction of sp³-hybridized carbons (Fsp3) is 1.00. The first-order valence-electron chi connectivity index (χ1n) is 4.62. The van der Waals surface area contributed by atoms with E-state index in [0.29, 0.717) is 0 Å². The lowest BCUT2D eigenvalue weighted by molar-refractivity contribution is 0.367. The van der Waals surface area contributed by atoms with Gasteiger partial charge in [-0.05, 0) is 36.0 Å². The van der Waals surface area contributed by atoms with Crippen LogP contribution in [-0.2, 0) is 0 Å². The van der Waals surface area contributed by atoms with E-state index in [9.17, 15) is 0 Å². The van der Waals surface area contributed by atoms with Crippen LogP contribution in [0, 0.1) is 23.2 Å². The standard InChI is InChI=1S/C10H18/c1-7-4-5-8-9(6-7)10(8,2)3/h7-9H,4-6H2,1-3H3/t7?,8?,9-/m1/s1. The fourth-order valence-electron chi connectivity index (χ4n) is 2.91. The summed E-state index contributed by atoms with van der Waals surface area (Å²) in [6.07, 6.45) is 4.51. The summed E-state index contributed by atoms with van der Waals surface area (Å²) in [5, 5.41) is 0. The van der Waals surface area contributed by atoms with Gasteiger partial charge in [-0.2, -0.15) is 0 Å². The molecule has 0 amide bonds. The quantitative estimate of drug-likeness (QED) is 0.482. The Morgan fingerprint density at radius 2 is 1.80 bits per heavy atom. The molecule has 0 heterocycles. The van der Waals surface area contributed by atoms with Crippen LogP contribution >= 0.6 is 0 Å². The van der Waals surface area contributed by atoms with Crippen molar-refractivity contribution in [3.8, 4) is 0 Å². The smallest absolute Gasteiger partial charge is 0.0292 e. The van der Waals surface area contributed by atoms with Gasteiger partial charge in [0.25, 0.3) is 0 Å². The molecule has 2 aliphatic rings. The van der Waals surface area contributed by atoms with Gasteiger partial charge >= 0.3 is 0 Å². The molecule has 0 heteroatoms. The molecule has 10 heavy (non-hydrogen) atoms. The lowest BCUT2D eigenvalue weighted by Crippen LogP contribution is -2.03. The Hall–Kier alpha value is 0. The van der Waals surface area contributed by atoms with Crippen LogP contribution in [0.25, 0.3) is 0 Å². The maximum atomic E-state index is 2.44. The predicted octanol–water partition coefficient (Wildman–Crippen LogP) is 3.08. The van der Waals surface area contributed by atoms with E-state index in [2.05, 4.69) is 20.8 Å². The SMILES string of the molecule is CC1CCC2[C@@H](C1)C2(C)C. The topological polar surface area (TPSA) is 0 Å². The van der Waals surface area contributed by atoms with Crippen molar-refractivity contribution in [3.63, 3.8) is 0 Å². The molecule has 0 aromatic rings. The predicted molar refractivity (Wildman–Crippen MR) is 43.8 cm³/mol. The highest BCUT2D eigenvalue weighted by atomic mass is 14.6. The highest BCUT2D eigenvalue weighted by molar-refractivity contribution is 5.07. The molecule has 0 spiro atoms. The van der Waals surface area contributed by atoms with Crippen molar-refractivity contribution < 1.29 is 0 Å². The van der Waals surface area contributed by atoms with Gasteiger partial charge in [-0.3, -0.25) is 0 Å². The zero-order chi connectivity index (χ0) is 7.35. The van der Waals surface area contributed by atoms with E-state index in [0.717, 1.165) is 23.2 Å². The Balaban J connectivity index is 2.04. The summed E-state index contributed by atoms with van der Waals surface area (Å²) in [5.41, 5.74) is 0.727. The zero-order valence-electron chi connectivity index (χ0n) is 7.35. The van der Waals surface area contributed by atoms with Crippen LogP contribution in [0.5, 0.6) is 0 Å². The van der Waals surface area contributed by atoms with Gasteiger partial charge in [0, 0.05) is 0 Å². The van der Waals surface area contributed by atoms with Gasteiger partial charge in [-0.25, -0.2) is 0 Å². The second-order valence-corrected chi connectivity index (χ2v) is 4.95. The Kier molecular flexibility index (Phi) is 1.19. The molecule has 2 fully saturated rings. The number of rotatable bonds is 0. The summed E-state index contributed by atoms with van der Waals surface area (Å²) in [5.74, 6) is 3.21. The molecule has 0 N–H and O–H groups in total. The molecule has 0 aliphatic heterocycles. The van der Waals surface area contributed by atoms with Gasteiger partial charge in [0.15, 0.2) is 0 Å². The molecule has 0 aromatic carbocycles. The van der Waals surface area contributed by atoms with Gasteiger partial charge in [0.05, 0.1) is 0 Å². The van der Waals surface area contributed by atoms with Crippen LogP contribution in [-0.4, -0.2) is 0 Å². The lowest BCUT2D eigenvalue weighted by Gasteiger charge is -2.15. The van der Waals surface area contributed by atoms with Crippen LogP contribution in [0.3, 0.4) is 0 Å². The van der Waals surface area contributed by atoms with Crippen molar-refractivity contribution in [3.05, 3.63) is 0 Å². The first kappa shape index (κ1) is 6.69. The summed E-state index contributed by atoms with van der Waals surface area (Å²) >= 11 is 0. The maximum Gasteiger partial charge on any atom is -0.0292 e. The number of hydrogen-bond acceptors (Lipinski definition) is 0. The Morgan fingerprint density at radius 3 is 2.30 bits per heavy atom. The maximum absolute atomic E-state index is 2.44. The Bertz CT molecular complexity index is 146. The van der Waals surface area contributed by atoms with E-state index in [-0.39, 0.29) is 0 Å². The van der Waals surface area contributed by atoms with E-state index in [1.807, 2.05) is 0 Å². The molecule has 2 unspecified atom stereocenters. The largest absolute Gasteiger partial charge is 0.0625 e. The average Bonchev–Trinajstić information content (AvgIpc) is 2.36. The van der Waals surface area contributed by atoms with Crippen LogP contribution in [0.15, 0.2) is 0 Å². The highest BCUT2D eigenvalue weighted by Crippen LogP contribution is 2.65. The minimum absolute atomic E-state index is 0.727. The van der Waals surface area contributed by atoms with Crippen LogP contribution in [0.1, 0.15) is 40.0 Å². The Labute approximate surface area is 64.0 Å². The van der Waals surface area contributed by atoms with E-state index < -0.39 is 0 Å². The third kappa shape index (κ3) is 0.741. The van der Waals surface area contributed by atoms with Crippen molar-refractivity contribution >= 4 is 0 Å². The molecule has 0 bridgehead atoms. The van der Waals surface area contributed by atoms with Crippen LogP contribution < -0.4 is 0 Å². The van der Waals surface area contributed by atoms with Gasteiger partial charge in [0.1, 0.15) is 0 Å². The van der Waals surface area contributed by atoms with Gasteiger partial charge in [0.2, 0.25) is 0 Å². The van der Waals surface area contributed by atoms with Crippen molar-refractivity contribution in [1.82, 2.24) is 0 Å². The van der Waals surface area contributed by atoms with E-state index in [1.54, 1.807) is 0 Å². The molecule has 0 saturated heterocycles. The molecule has 58 valence electrons.